The third-order valence-corrected chi connectivity index (χ3v) is 4.98. The summed E-state index contributed by atoms with van der Waals surface area (Å²) in [4.78, 5) is 48.0. The molecule has 8 nitrogen and oxygen atoms in total. The molecule has 9 heteroatoms. The molecule has 0 aromatic heterocycles. The van der Waals surface area contributed by atoms with Crippen LogP contribution in [-0.4, -0.2) is 47.3 Å². The van der Waals surface area contributed by atoms with Gasteiger partial charge < -0.3 is 15.4 Å². The van der Waals surface area contributed by atoms with Crippen LogP contribution in [0.3, 0.4) is 0 Å². The summed E-state index contributed by atoms with van der Waals surface area (Å²) in [5.74, 6) is -1.20. The minimum absolute atomic E-state index is 0.235. The van der Waals surface area contributed by atoms with E-state index in [0.29, 0.717) is 10.5 Å². The van der Waals surface area contributed by atoms with Crippen molar-refractivity contribution in [2.24, 2.45) is 0 Å². The topological polar surface area (TPSA) is 114 Å². The SMILES string of the molecule is CC(C)(C)NC(=O)COC(=O)c1ccccc1SC[C@@]1(C)NC(=O)NC1=O. The molecule has 4 amide bonds. The van der Waals surface area contributed by atoms with Crippen LogP contribution < -0.4 is 16.0 Å². The van der Waals surface area contributed by atoms with E-state index < -0.39 is 29.0 Å². The number of urea groups is 1. The van der Waals surface area contributed by atoms with Gasteiger partial charge in [-0.15, -0.1) is 11.8 Å². The molecule has 0 radical (unpaired) electrons. The number of hydrogen-bond acceptors (Lipinski definition) is 6. The largest absolute Gasteiger partial charge is 0.452 e. The molecule has 1 aromatic carbocycles. The second-order valence-electron chi connectivity index (χ2n) is 7.40. The molecule has 2 rings (SSSR count). The Kier molecular flexibility index (Phi) is 6.15. The molecule has 1 heterocycles. The van der Waals surface area contributed by atoms with E-state index in [1.54, 1.807) is 31.2 Å². The van der Waals surface area contributed by atoms with Crippen LogP contribution >= 0.6 is 11.8 Å². The first-order valence-electron chi connectivity index (χ1n) is 8.34. The number of rotatable bonds is 6. The van der Waals surface area contributed by atoms with Crippen LogP contribution in [0.5, 0.6) is 0 Å². The van der Waals surface area contributed by atoms with Crippen molar-refractivity contribution in [2.45, 2.75) is 43.7 Å². The summed E-state index contributed by atoms with van der Waals surface area (Å²) in [7, 11) is 0. The van der Waals surface area contributed by atoms with Gasteiger partial charge in [0, 0.05) is 16.2 Å². The van der Waals surface area contributed by atoms with Gasteiger partial charge in [0.1, 0.15) is 5.54 Å². The summed E-state index contributed by atoms with van der Waals surface area (Å²) in [5.41, 5.74) is -1.19. The van der Waals surface area contributed by atoms with Gasteiger partial charge in [0.25, 0.3) is 11.8 Å². The highest BCUT2D eigenvalue weighted by Crippen LogP contribution is 2.28. The summed E-state index contributed by atoms with van der Waals surface area (Å²) in [6, 6.07) is 6.19. The van der Waals surface area contributed by atoms with Crippen LogP contribution in [0, 0.1) is 0 Å². The van der Waals surface area contributed by atoms with Crippen molar-refractivity contribution in [1.82, 2.24) is 16.0 Å². The van der Waals surface area contributed by atoms with E-state index in [4.69, 9.17) is 4.74 Å². The maximum Gasteiger partial charge on any atom is 0.339 e. The molecule has 0 unspecified atom stereocenters. The number of carbonyl (C=O) groups excluding carboxylic acids is 4. The van der Waals surface area contributed by atoms with Crippen LogP contribution in [0.25, 0.3) is 0 Å². The number of benzene rings is 1. The lowest BCUT2D eigenvalue weighted by Crippen LogP contribution is -2.46. The van der Waals surface area contributed by atoms with E-state index in [9.17, 15) is 19.2 Å². The van der Waals surface area contributed by atoms with E-state index in [-0.39, 0.29) is 18.3 Å². The number of esters is 1. The van der Waals surface area contributed by atoms with E-state index in [1.807, 2.05) is 20.8 Å². The molecule has 1 fully saturated rings. The molecule has 27 heavy (non-hydrogen) atoms. The fraction of sp³-hybridized carbons (Fsp3) is 0.444. The minimum Gasteiger partial charge on any atom is -0.452 e. The number of carbonyl (C=O) groups is 4. The lowest BCUT2D eigenvalue weighted by molar-refractivity contribution is -0.125. The van der Waals surface area contributed by atoms with Gasteiger partial charge in [-0.1, -0.05) is 12.1 Å². The Labute approximate surface area is 161 Å². The van der Waals surface area contributed by atoms with Gasteiger partial charge >= 0.3 is 12.0 Å². The number of thioether (sulfide) groups is 1. The molecule has 1 aliphatic rings. The lowest BCUT2D eigenvalue weighted by Gasteiger charge is -2.21. The summed E-state index contributed by atoms with van der Waals surface area (Å²) < 4.78 is 5.10. The van der Waals surface area contributed by atoms with Crippen molar-refractivity contribution in [3.05, 3.63) is 29.8 Å². The molecular formula is C18H23N3O5S. The van der Waals surface area contributed by atoms with Crippen LogP contribution in [0.4, 0.5) is 4.79 Å². The molecule has 1 aromatic rings. The van der Waals surface area contributed by atoms with E-state index in [0.717, 1.165) is 0 Å². The fourth-order valence-electron chi connectivity index (χ4n) is 2.33. The number of imide groups is 1. The number of nitrogens with one attached hydrogen (secondary N) is 3. The van der Waals surface area contributed by atoms with E-state index in [2.05, 4.69) is 16.0 Å². The number of amides is 4. The van der Waals surface area contributed by atoms with Crippen LogP contribution in [0.15, 0.2) is 29.2 Å². The van der Waals surface area contributed by atoms with Crippen LogP contribution in [-0.2, 0) is 14.3 Å². The van der Waals surface area contributed by atoms with Gasteiger partial charge in [-0.2, -0.15) is 0 Å². The monoisotopic (exact) mass is 393 g/mol. The quantitative estimate of drug-likeness (QED) is 0.383. The predicted molar refractivity (Wildman–Crippen MR) is 100 cm³/mol. The van der Waals surface area contributed by atoms with Gasteiger partial charge in [-0.05, 0) is 39.8 Å². The van der Waals surface area contributed by atoms with Crippen molar-refractivity contribution < 1.29 is 23.9 Å². The maximum atomic E-state index is 12.4. The number of ether oxygens (including phenoxy) is 1. The average molecular weight is 393 g/mol. The first-order chi connectivity index (χ1) is 12.5. The second kappa shape index (κ2) is 7.99. The Morgan fingerprint density at radius 2 is 1.89 bits per heavy atom. The lowest BCUT2D eigenvalue weighted by atomic mass is 10.1. The molecule has 1 aliphatic heterocycles. The predicted octanol–water partition coefficient (Wildman–Crippen LogP) is 1.45. The Bertz CT molecular complexity index is 775. The third-order valence-electron chi connectivity index (χ3n) is 3.59. The summed E-state index contributed by atoms with van der Waals surface area (Å²) in [6.07, 6.45) is 0. The molecule has 1 saturated heterocycles. The van der Waals surface area contributed by atoms with Gasteiger partial charge in [-0.3, -0.25) is 14.9 Å². The molecule has 0 aliphatic carbocycles. The van der Waals surface area contributed by atoms with Crippen molar-refractivity contribution >= 4 is 35.6 Å². The molecule has 146 valence electrons. The summed E-state index contributed by atoms with van der Waals surface area (Å²) in [6.45, 7) is 6.72. The zero-order valence-corrected chi connectivity index (χ0v) is 16.5. The smallest absolute Gasteiger partial charge is 0.339 e. The normalized spacial score (nSPS) is 19.3. The zero-order chi connectivity index (χ0) is 20.2. The van der Waals surface area contributed by atoms with E-state index >= 15 is 0 Å². The van der Waals surface area contributed by atoms with Gasteiger partial charge in [-0.25, -0.2) is 9.59 Å². The molecule has 0 saturated carbocycles. The highest BCUT2D eigenvalue weighted by Gasteiger charge is 2.42. The van der Waals surface area contributed by atoms with Crippen LogP contribution in [0.2, 0.25) is 0 Å². The third kappa shape index (κ3) is 5.72. The van der Waals surface area contributed by atoms with Gasteiger partial charge in [0.2, 0.25) is 0 Å². The van der Waals surface area contributed by atoms with Gasteiger partial charge in [0.05, 0.1) is 5.56 Å². The molecule has 0 bridgehead atoms. The van der Waals surface area contributed by atoms with Crippen molar-refractivity contribution in [3.63, 3.8) is 0 Å². The second-order valence-corrected chi connectivity index (χ2v) is 8.42. The standard InChI is InChI=1S/C18H23N3O5S/c1-17(2,3)20-13(22)9-26-14(23)11-7-5-6-8-12(11)27-10-18(4)15(24)19-16(25)21-18/h5-8H,9-10H2,1-4H3,(H,20,22)(H2,19,21,24,25)/t18-/m1/s1. The summed E-state index contributed by atoms with van der Waals surface area (Å²) >= 11 is 1.24. The number of hydrogen-bond donors (Lipinski definition) is 3. The Morgan fingerprint density at radius 1 is 1.22 bits per heavy atom. The molecule has 1 atom stereocenters. The minimum atomic E-state index is -1.06. The highest BCUT2D eigenvalue weighted by molar-refractivity contribution is 7.99. The molecule has 3 N–H and O–H groups in total. The van der Waals surface area contributed by atoms with Crippen molar-refractivity contribution in [3.8, 4) is 0 Å². The highest BCUT2D eigenvalue weighted by atomic mass is 32.2. The van der Waals surface area contributed by atoms with Gasteiger partial charge in [0.15, 0.2) is 6.61 Å². The fourth-order valence-corrected chi connectivity index (χ4v) is 3.46. The molecular weight excluding hydrogens is 370 g/mol. The molecule has 0 spiro atoms. The Morgan fingerprint density at radius 3 is 2.48 bits per heavy atom. The Hall–Kier alpha value is -2.55. The first kappa shape index (κ1) is 20.8. The van der Waals surface area contributed by atoms with E-state index in [1.165, 1.54) is 11.8 Å². The zero-order valence-electron chi connectivity index (χ0n) is 15.7. The Balaban J connectivity index is 2.00. The maximum absolute atomic E-state index is 12.4. The first-order valence-corrected chi connectivity index (χ1v) is 9.32. The van der Waals surface area contributed by atoms with Crippen LogP contribution in [0.1, 0.15) is 38.1 Å². The van der Waals surface area contributed by atoms with Crippen molar-refractivity contribution in [1.29, 1.82) is 0 Å². The van der Waals surface area contributed by atoms with Crippen molar-refractivity contribution in [2.75, 3.05) is 12.4 Å². The average Bonchev–Trinajstić information content (AvgIpc) is 2.82. The summed E-state index contributed by atoms with van der Waals surface area (Å²) in [5, 5.41) is 7.48.